The number of hydrazine groups is 3. The molecule has 7 nitrogen and oxygen atoms in total. The van der Waals surface area contributed by atoms with Crippen LogP contribution in [0.1, 0.15) is 0 Å². The molecule has 0 aromatic heterocycles. The molecule has 1 aromatic rings. The molecule has 0 saturated heterocycles. The van der Waals surface area contributed by atoms with Gasteiger partial charge in [-0.2, -0.15) is 5.01 Å². The summed E-state index contributed by atoms with van der Waals surface area (Å²) in [5.74, 6) is 0.436. The van der Waals surface area contributed by atoms with Gasteiger partial charge in [0.25, 0.3) is 0 Å². The number of nitrogens with one attached hydrogen (secondary N) is 2. The van der Waals surface area contributed by atoms with E-state index in [9.17, 15) is 9.90 Å². The molecule has 0 atom stereocenters. The summed E-state index contributed by atoms with van der Waals surface area (Å²) in [6.45, 7) is 0. The van der Waals surface area contributed by atoms with Gasteiger partial charge in [-0.15, -0.1) is 0 Å². The molecule has 1 amide bonds. The Morgan fingerprint density at radius 2 is 2.05 bits per heavy atom. The van der Waals surface area contributed by atoms with E-state index in [4.69, 9.17) is 11.6 Å². The predicted molar refractivity (Wildman–Crippen MR) is 72.4 cm³/mol. The van der Waals surface area contributed by atoms with Crippen LogP contribution in [-0.4, -0.2) is 29.3 Å². The van der Waals surface area contributed by atoms with Gasteiger partial charge in [0.15, 0.2) is 0 Å². The summed E-state index contributed by atoms with van der Waals surface area (Å²) in [6, 6.07) is 8.59. The van der Waals surface area contributed by atoms with Crippen molar-refractivity contribution in [2.24, 2.45) is 4.99 Å². The lowest BCUT2D eigenvalue weighted by Gasteiger charge is -2.35. The third-order valence-corrected chi connectivity index (χ3v) is 2.51. The summed E-state index contributed by atoms with van der Waals surface area (Å²) in [6.07, 6.45) is 0.372. The second-order valence-electron chi connectivity index (χ2n) is 3.57. The number of rotatable bonds is 2. The Hall–Kier alpha value is -2.25. The molecule has 19 heavy (non-hydrogen) atoms. The third kappa shape index (κ3) is 2.95. The van der Waals surface area contributed by atoms with Gasteiger partial charge < -0.3 is 5.11 Å². The Balaban J connectivity index is 2.32. The minimum absolute atomic E-state index is 0.251. The van der Waals surface area contributed by atoms with Gasteiger partial charge in [-0.05, 0) is 17.4 Å². The van der Waals surface area contributed by atoms with Gasteiger partial charge in [-0.3, -0.25) is 15.8 Å². The van der Waals surface area contributed by atoms with E-state index in [1.54, 1.807) is 43.5 Å². The Morgan fingerprint density at radius 1 is 1.37 bits per heavy atom. The first-order valence-corrected chi connectivity index (χ1v) is 5.75. The van der Waals surface area contributed by atoms with Crippen molar-refractivity contribution in [3.63, 3.8) is 0 Å². The number of nitrogens with zero attached hydrogens (tertiary/aromatic N) is 3. The van der Waals surface area contributed by atoms with Crippen LogP contribution in [0.25, 0.3) is 0 Å². The van der Waals surface area contributed by atoms with Gasteiger partial charge in [-0.1, -0.05) is 29.8 Å². The molecule has 0 bridgehead atoms. The van der Waals surface area contributed by atoms with Crippen molar-refractivity contribution < 1.29 is 9.90 Å². The summed E-state index contributed by atoms with van der Waals surface area (Å²) in [7, 11) is 1.57. The van der Waals surface area contributed by atoms with Gasteiger partial charge in [0.1, 0.15) is 11.0 Å². The summed E-state index contributed by atoms with van der Waals surface area (Å²) in [5, 5.41) is 11.7. The van der Waals surface area contributed by atoms with Crippen molar-refractivity contribution in [2.75, 3.05) is 12.1 Å². The lowest BCUT2D eigenvalue weighted by Crippen LogP contribution is -2.62. The van der Waals surface area contributed by atoms with Gasteiger partial charge in [0.05, 0.1) is 5.69 Å². The number of hydrogen-bond acceptors (Lipinski definition) is 4. The Morgan fingerprint density at radius 3 is 2.63 bits per heavy atom. The molecule has 0 fully saturated rings. The summed E-state index contributed by atoms with van der Waals surface area (Å²) < 4.78 is 0. The highest BCUT2D eigenvalue weighted by Gasteiger charge is 2.26. The van der Waals surface area contributed by atoms with Crippen molar-refractivity contribution in [3.05, 3.63) is 41.6 Å². The van der Waals surface area contributed by atoms with Gasteiger partial charge in [0.2, 0.25) is 0 Å². The maximum Gasteiger partial charge on any atom is 0.429 e. The quantitative estimate of drug-likeness (QED) is 0.716. The molecule has 1 heterocycles. The van der Waals surface area contributed by atoms with Crippen molar-refractivity contribution in [1.29, 1.82) is 0 Å². The number of carbonyl (C=O) groups is 1. The maximum atomic E-state index is 11.4. The van der Waals surface area contributed by atoms with E-state index < -0.39 is 6.09 Å². The number of para-hydroxylation sites is 1. The number of hydrogen-bond donors (Lipinski definition) is 3. The van der Waals surface area contributed by atoms with Crippen molar-refractivity contribution in [2.45, 2.75) is 0 Å². The Labute approximate surface area is 114 Å². The predicted octanol–water partition coefficient (Wildman–Crippen LogP) is 1.52. The second kappa shape index (κ2) is 5.59. The molecule has 1 aliphatic heterocycles. The molecule has 1 aliphatic rings. The summed E-state index contributed by atoms with van der Waals surface area (Å²) in [4.78, 5) is 15.3. The first-order valence-electron chi connectivity index (χ1n) is 5.37. The first kappa shape index (κ1) is 13.2. The maximum absolute atomic E-state index is 11.4. The van der Waals surface area contributed by atoms with Crippen LogP contribution in [-0.2, 0) is 0 Å². The molecular formula is C11H12ClN5O2. The normalized spacial score (nSPS) is 17.4. The molecule has 3 N–H and O–H groups in total. The fraction of sp³-hybridized carbons (Fsp3) is 0.0909. The number of halogens is 1. The van der Waals surface area contributed by atoms with E-state index in [0.717, 1.165) is 10.2 Å². The van der Waals surface area contributed by atoms with Crippen LogP contribution >= 0.6 is 11.6 Å². The molecular weight excluding hydrogens is 270 g/mol. The highest BCUT2D eigenvalue weighted by Crippen LogP contribution is 2.16. The van der Waals surface area contributed by atoms with Crippen LogP contribution in [0.15, 0.2) is 46.6 Å². The molecule has 1 aromatic carbocycles. The number of benzene rings is 1. The zero-order valence-electron chi connectivity index (χ0n) is 10.0. The minimum Gasteiger partial charge on any atom is -0.464 e. The number of aliphatic imine (C=N–C) groups is 1. The molecule has 0 radical (unpaired) electrons. The van der Waals surface area contributed by atoms with Crippen LogP contribution in [0.2, 0.25) is 0 Å². The number of carboxylic acid groups (broad SMARTS) is 1. The monoisotopic (exact) mass is 281 g/mol. The lowest BCUT2D eigenvalue weighted by atomic mass is 10.3. The number of anilines is 1. The first-order chi connectivity index (χ1) is 9.11. The molecule has 2 rings (SSSR count). The topological polar surface area (TPSA) is 80.2 Å². The van der Waals surface area contributed by atoms with Crippen LogP contribution in [0, 0.1) is 0 Å². The standard InChI is InChI=1S/C11H12ClN5O2/c1-13-10-7-9(12)14-17(15-10)16(11(18)19)8-5-3-2-4-6-8/h2-7,14H,1H3,(H,13,15)(H,18,19). The molecule has 0 unspecified atom stereocenters. The fourth-order valence-electron chi connectivity index (χ4n) is 1.52. The van der Waals surface area contributed by atoms with E-state index >= 15 is 0 Å². The molecule has 0 spiro atoms. The van der Waals surface area contributed by atoms with Crippen LogP contribution < -0.4 is 15.9 Å². The third-order valence-electron chi connectivity index (χ3n) is 2.32. The number of amides is 1. The minimum atomic E-state index is -1.17. The largest absolute Gasteiger partial charge is 0.464 e. The van der Waals surface area contributed by atoms with Crippen LogP contribution in [0.3, 0.4) is 0 Å². The smallest absolute Gasteiger partial charge is 0.429 e. The van der Waals surface area contributed by atoms with Gasteiger partial charge in [0, 0.05) is 13.1 Å². The Bertz CT molecular complexity index is 531. The average molecular weight is 282 g/mol. The fourth-order valence-corrected chi connectivity index (χ4v) is 1.70. The van der Waals surface area contributed by atoms with E-state index in [0.29, 0.717) is 11.5 Å². The van der Waals surface area contributed by atoms with E-state index in [1.807, 2.05) is 0 Å². The van der Waals surface area contributed by atoms with E-state index in [1.165, 1.54) is 0 Å². The lowest BCUT2D eigenvalue weighted by molar-refractivity contribution is 0.128. The van der Waals surface area contributed by atoms with Gasteiger partial charge >= 0.3 is 6.09 Å². The zero-order valence-corrected chi connectivity index (χ0v) is 10.8. The van der Waals surface area contributed by atoms with Crippen molar-refractivity contribution in [3.8, 4) is 0 Å². The number of amidine groups is 1. The molecule has 100 valence electrons. The highest BCUT2D eigenvalue weighted by molar-refractivity contribution is 6.31. The second-order valence-corrected chi connectivity index (χ2v) is 3.97. The SMILES string of the molecule is CN=C1C=C(Cl)NN(N(C(=O)O)c2ccccc2)N1. The summed E-state index contributed by atoms with van der Waals surface area (Å²) in [5.41, 5.74) is 5.90. The van der Waals surface area contributed by atoms with Crippen molar-refractivity contribution >= 4 is 29.2 Å². The van der Waals surface area contributed by atoms with Crippen molar-refractivity contribution in [1.82, 2.24) is 16.1 Å². The van der Waals surface area contributed by atoms with E-state index in [-0.39, 0.29) is 5.16 Å². The zero-order chi connectivity index (χ0) is 13.8. The van der Waals surface area contributed by atoms with Gasteiger partial charge in [-0.25, -0.2) is 4.79 Å². The van der Waals surface area contributed by atoms with E-state index in [2.05, 4.69) is 15.8 Å². The van der Waals surface area contributed by atoms with Crippen LogP contribution in [0.4, 0.5) is 10.5 Å². The average Bonchev–Trinajstić information content (AvgIpc) is 2.39. The van der Waals surface area contributed by atoms with Crippen LogP contribution in [0.5, 0.6) is 0 Å². The Kier molecular flexibility index (Phi) is 3.88. The molecule has 8 heteroatoms. The molecule has 0 aliphatic carbocycles. The summed E-state index contributed by atoms with van der Waals surface area (Å²) >= 11 is 5.89. The highest BCUT2D eigenvalue weighted by atomic mass is 35.5. The molecule has 0 saturated carbocycles.